The Kier molecular flexibility index (Phi) is 6.87. The highest BCUT2D eigenvalue weighted by Gasteiger charge is 2.18. The van der Waals surface area contributed by atoms with Gasteiger partial charge in [0.2, 0.25) is 15.8 Å². The van der Waals surface area contributed by atoms with Gasteiger partial charge in [0, 0.05) is 19.8 Å². The summed E-state index contributed by atoms with van der Waals surface area (Å²) in [7, 11) is 2.28. The second-order valence-corrected chi connectivity index (χ2v) is 8.30. The van der Waals surface area contributed by atoms with Gasteiger partial charge in [-0.3, -0.25) is 4.79 Å². The van der Waals surface area contributed by atoms with Gasteiger partial charge < -0.3 is 19.5 Å². The van der Waals surface area contributed by atoms with Crippen molar-refractivity contribution >= 4 is 21.6 Å². The van der Waals surface area contributed by atoms with Crippen LogP contribution >= 0.6 is 0 Å². The van der Waals surface area contributed by atoms with Gasteiger partial charge in [-0.15, -0.1) is 0 Å². The fraction of sp³-hybridized carbons (Fsp3) is 0.316. The van der Waals surface area contributed by atoms with Crippen molar-refractivity contribution in [2.24, 2.45) is 0 Å². The number of nitrogens with one attached hydrogen (secondary N) is 1. The lowest BCUT2D eigenvalue weighted by molar-refractivity contribution is -0.118. The van der Waals surface area contributed by atoms with E-state index in [1.165, 1.54) is 40.4 Å². The van der Waals surface area contributed by atoms with Crippen molar-refractivity contribution in [3.63, 3.8) is 0 Å². The van der Waals surface area contributed by atoms with E-state index in [1.54, 1.807) is 24.3 Å². The molecule has 0 heterocycles. The zero-order chi connectivity index (χ0) is 20.9. The Labute approximate surface area is 165 Å². The number of hydrogen-bond acceptors (Lipinski definition) is 6. The maximum atomic E-state index is 12.3. The Morgan fingerprint density at radius 1 is 1.07 bits per heavy atom. The molecule has 0 aliphatic heterocycles. The van der Waals surface area contributed by atoms with Crippen molar-refractivity contribution in [3.8, 4) is 17.2 Å². The molecular formula is C19H24N2O6S. The van der Waals surface area contributed by atoms with E-state index in [0.29, 0.717) is 22.9 Å². The Hall–Kier alpha value is -2.78. The highest BCUT2D eigenvalue weighted by Crippen LogP contribution is 2.38. The standard InChI is InChI=1S/C19H24N2O6S/c1-13-9-16(25-4)19(17(10-13)26-5)27-12-18(22)20-14-7-6-8-15(11-14)28(23,24)21(2)3/h6-11H,12H2,1-5H3,(H,20,22). The Balaban J connectivity index is 2.12. The van der Waals surface area contributed by atoms with Crippen molar-refractivity contribution in [3.05, 3.63) is 42.0 Å². The van der Waals surface area contributed by atoms with Gasteiger partial charge in [-0.05, 0) is 42.8 Å². The molecule has 0 spiro atoms. The van der Waals surface area contributed by atoms with Crippen LogP contribution in [0.25, 0.3) is 0 Å². The third kappa shape index (κ3) is 4.93. The molecule has 0 aromatic heterocycles. The predicted octanol–water partition coefficient (Wildman–Crippen LogP) is 2.28. The van der Waals surface area contributed by atoms with Crippen molar-refractivity contribution in [1.29, 1.82) is 0 Å². The lowest BCUT2D eigenvalue weighted by Gasteiger charge is -2.15. The van der Waals surface area contributed by atoms with Gasteiger partial charge in [-0.2, -0.15) is 0 Å². The Bertz CT molecular complexity index is 932. The molecular weight excluding hydrogens is 384 g/mol. The summed E-state index contributed by atoms with van der Waals surface area (Å²) < 4.78 is 41.7. The van der Waals surface area contributed by atoms with Crippen molar-refractivity contribution in [1.82, 2.24) is 4.31 Å². The number of carbonyl (C=O) groups excluding carboxylic acids is 1. The minimum absolute atomic E-state index is 0.0816. The molecule has 0 aliphatic rings. The van der Waals surface area contributed by atoms with Crippen LogP contribution in [0, 0.1) is 6.92 Å². The van der Waals surface area contributed by atoms with Crippen LogP contribution in [0.1, 0.15) is 5.56 Å². The predicted molar refractivity (Wildman–Crippen MR) is 106 cm³/mol. The van der Waals surface area contributed by atoms with Crippen molar-refractivity contribution < 1.29 is 27.4 Å². The van der Waals surface area contributed by atoms with Gasteiger partial charge in [0.1, 0.15) is 0 Å². The molecule has 152 valence electrons. The molecule has 0 saturated carbocycles. The summed E-state index contributed by atoms with van der Waals surface area (Å²) in [5, 5.41) is 2.62. The zero-order valence-corrected chi connectivity index (χ0v) is 17.3. The van der Waals surface area contributed by atoms with E-state index in [9.17, 15) is 13.2 Å². The molecule has 2 rings (SSSR count). The van der Waals surface area contributed by atoms with Gasteiger partial charge in [-0.25, -0.2) is 12.7 Å². The van der Waals surface area contributed by atoms with Crippen LogP contribution < -0.4 is 19.5 Å². The van der Waals surface area contributed by atoms with Crippen LogP contribution in [0.4, 0.5) is 5.69 Å². The number of benzene rings is 2. The van der Waals surface area contributed by atoms with E-state index in [0.717, 1.165) is 9.87 Å². The molecule has 2 aromatic carbocycles. The summed E-state index contributed by atoms with van der Waals surface area (Å²) in [4.78, 5) is 12.4. The molecule has 0 atom stereocenters. The highest BCUT2D eigenvalue weighted by molar-refractivity contribution is 7.89. The summed E-state index contributed by atoms with van der Waals surface area (Å²) in [6.07, 6.45) is 0. The number of anilines is 1. The molecule has 2 aromatic rings. The second kappa shape index (κ2) is 8.94. The molecule has 0 unspecified atom stereocenters. The molecule has 28 heavy (non-hydrogen) atoms. The van der Waals surface area contributed by atoms with Gasteiger partial charge >= 0.3 is 0 Å². The number of methoxy groups -OCH3 is 2. The Morgan fingerprint density at radius 2 is 1.68 bits per heavy atom. The fourth-order valence-corrected chi connectivity index (χ4v) is 3.38. The van der Waals surface area contributed by atoms with E-state index in [2.05, 4.69) is 5.32 Å². The molecule has 1 N–H and O–H groups in total. The van der Waals surface area contributed by atoms with E-state index in [1.807, 2.05) is 6.92 Å². The van der Waals surface area contributed by atoms with Crippen LogP contribution in [-0.4, -0.2) is 53.6 Å². The molecule has 8 nitrogen and oxygen atoms in total. The average molecular weight is 408 g/mol. The molecule has 0 fully saturated rings. The first-order valence-electron chi connectivity index (χ1n) is 8.37. The maximum Gasteiger partial charge on any atom is 0.262 e. The van der Waals surface area contributed by atoms with Gasteiger partial charge in [0.15, 0.2) is 18.1 Å². The number of sulfonamides is 1. The number of aryl methyl sites for hydroxylation is 1. The molecule has 0 bridgehead atoms. The minimum Gasteiger partial charge on any atom is -0.493 e. The number of amides is 1. The van der Waals surface area contributed by atoms with Crippen LogP contribution in [0.5, 0.6) is 17.2 Å². The van der Waals surface area contributed by atoms with E-state index in [-0.39, 0.29) is 11.5 Å². The fourth-order valence-electron chi connectivity index (χ4n) is 2.43. The normalized spacial score (nSPS) is 11.2. The molecule has 1 amide bonds. The highest BCUT2D eigenvalue weighted by atomic mass is 32.2. The van der Waals surface area contributed by atoms with Crippen molar-refractivity contribution in [2.45, 2.75) is 11.8 Å². The number of carbonyl (C=O) groups is 1. The van der Waals surface area contributed by atoms with Gasteiger partial charge in [0.25, 0.3) is 5.91 Å². The third-order valence-corrected chi connectivity index (χ3v) is 5.66. The summed E-state index contributed by atoms with van der Waals surface area (Å²) >= 11 is 0. The van der Waals surface area contributed by atoms with Crippen LogP contribution in [-0.2, 0) is 14.8 Å². The second-order valence-electron chi connectivity index (χ2n) is 6.15. The molecule has 0 aliphatic carbocycles. The number of hydrogen-bond donors (Lipinski definition) is 1. The monoisotopic (exact) mass is 408 g/mol. The quantitative estimate of drug-likeness (QED) is 0.720. The van der Waals surface area contributed by atoms with E-state index in [4.69, 9.17) is 14.2 Å². The van der Waals surface area contributed by atoms with Crippen LogP contribution in [0.15, 0.2) is 41.3 Å². The third-order valence-electron chi connectivity index (χ3n) is 3.85. The lowest BCUT2D eigenvalue weighted by Crippen LogP contribution is -2.23. The van der Waals surface area contributed by atoms with Crippen LogP contribution in [0.2, 0.25) is 0 Å². The summed E-state index contributed by atoms with van der Waals surface area (Å²) in [5.41, 5.74) is 1.27. The summed E-state index contributed by atoms with van der Waals surface area (Å²) in [6, 6.07) is 9.54. The van der Waals surface area contributed by atoms with Gasteiger partial charge in [0.05, 0.1) is 19.1 Å². The first kappa shape index (κ1) is 21.5. The summed E-state index contributed by atoms with van der Waals surface area (Å²) in [5.74, 6) is 0.756. The van der Waals surface area contributed by atoms with Crippen LogP contribution in [0.3, 0.4) is 0 Å². The van der Waals surface area contributed by atoms with Gasteiger partial charge in [-0.1, -0.05) is 6.07 Å². The molecule has 9 heteroatoms. The number of rotatable bonds is 8. The minimum atomic E-state index is -3.59. The molecule has 0 radical (unpaired) electrons. The smallest absolute Gasteiger partial charge is 0.262 e. The average Bonchev–Trinajstić information content (AvgIpc) is 2.66. The largest absolute Gasteiger partial charge is 0.493 e. The zero-order valence-electron chi connectivity index (χ0n) is 16.5. The van der Waals surface area contributed by atoms with E-state index < -0.39 is 15.9 Å². The topological polar surface area (TPSA) is 94.2 Å². The number of nitrogens with zero attached hydrogens (tertiary/aromatic N) is 1. The first-order chi connectivity index (χ1) is 13.2. The molecule has 0 saturated heterocycles. The van der Waals surface area contributed by atoms with Crippen molar-refractivity contribution in [2.75, 3.05) is 40.2 Å². The van der Waals surface area contributed by atoms with E-state index >= 15 is 0 Å². The number of ether oxygens (including phenoxy) is 3. The lowest BCUT2D eigenvalue weighted by atomic mass is 10.2. The SMILES string of the molecule is COc1cc(C)cc(OC)c1OCC(=O)Nc1cccc(S(=O)(=O)N(C)C)c1. The summed E-state index contributed by atoms with van der Waals surface area (Å²) in [6.45, 7) is 1.58. The Morgan fingerprint density at radius 3 is 2.21 bits per heavy atom. The first-order valence-corrected chi connectivity index (χ1v) is 9.81. The maximum absolute atomic E-state index is 12.3.